The van der Waals surface area contributed by atoms with Gasteiger partial charge in [-0.25, -0.2) is 4.98 Å². The number of fused-ring (bicyclic) bond motifs is 2. The van der Waals surface area contributed by atoms with Crippen molar-refractivity contribution in [3.8, 4) is 11.5 Å². The quantitative estimate of drug-likeness (QED) is 0.227. The average molecular weight is 514 g/mol. The van der Waals surface area contributed by atoms with Crippen molar-refractivity contribution in [1.29, 1.82) is 0 Å². The Bertz CT molecular complexity index is 1560. The van der Waals surface area contributed by atoms with Gasteiger partial charge >= 0.3 is 5.91 Å². The molecule has 2 aromatic carbocycles. The van der Waals surface area contributed by atoms with Crippen molar-refractivity contribution in [2.24, 2.45) is 0 Å². The summed E-state index contributed by atoms with van der Waals surface area (Å²) in [6.45, 7) is 3.09. The summed E-state index contributed by atoms with van der Waals surface area (Å²) in [7, 11) is 0. The largest absolute Gasteiger partial charge is 0.507 e. The van der Waals surface area contributed by atoms with Gasteiger partial charge in [0.2, 0.25) is 0 Å². The number of Topliss-reactive ketones (excluding diaryl/α,β-unsaturated/α-hetero) is 1. The summed E-state index contributed by atoms with van der Waals surface area (Å²) in [6, 6.07) is 15.2. The van der Waals surface area contributed by atoms with Gasteiger partial charge in [-0.2, -0.15) is 0 Å². The first-order chi connectivity index (χ1) is 18.0. The monoisotopic (exact) mass is 513 g/mol. The molecule has 1 unspecified atom stereocenters. The highest BCUT2D eigenvalue weighted by Gasteiger charge is 2.48. The molecule has 1 atom stereocenters. The summed E-state index contributed by atoms with van der Waals surface area (Å²) in [4.78, 5) is 37.3. The fraction of sp³-hybridized carbons (Fsp3) is 0.214. The lowest BCUT2D eigenvalue weighted by molar-refractivity contribution is -0.132. The minimum atomic E-state index is -0.930. The number of amides is 1. The molecular weight excluding hydrogens is 490 g/mol. The van der Waals surface area contributed by atoms with Gasteiger partial charge in [0, 0.05) is 11.8 Å². The number of benzene rings is 2. The second-order valence-electron chi connectivity index (χ2n) is 8.76. The van der Waals surface area contributed by atoms with Gasteiger partial charge in [-0.15, -0.1) is 0 Å². The number of ether oxygens (including phenoxy) is 2. The Labute approximate surface area is 216 Å². The summed E-state index contributed by atoms with van der Waals surface area (Å²) >= 11 is 1.28. The minimum Gasteiger partial charge on any atom is -0.507 e. The Hall–Kier alpha value is -4.24. The van der Waals surface area contributed by atoms with E-state index in [-0.39, 0.29) is 11.3 Å². The predicted octanol–water partition coefficient (Wildman–Crippen LogP) is 5.04. The number of rotatable bonds is 5. The van der Waals surface area contributed by atoms with Crippen LogP contribution in [0.4, 0.5) is 5.13 Å². The third-order valence-corrected chi connectivity index (χ3v) is 7.48. The Morgan fingerprint density at radius 1 is 1.19 bits per heavy atom. The molecule has 1 N–H and O–H groups in total. The number of aliphatic hydroxyl groups excluding tert-OH is 1. The molecule has 0 saturated carbocycles. The fourth-order valence-corrected chi connectivity index (χ4v) is 5.78. The maximum absolute atomic E-state index is 13.4. The van der Waals surface area contributed by atoms with E-state index in [9.17, 15) is 14.7 Å². The zero-order valence-electron chi connectivity index (χ0n) is 20.0. The van der Waals surface area contributed by atoms with Crippen molar-refractivity contribution in [1.82, 2.24) is 9.97 Å². The van der Waals surface area contributed by atoms with E-state index in [1.165, 1.54) is 16.2 Å². The Balaban J connectivity index is 1.50. The van der Waals surface area contributed by atoms with Crippen LogP contribution in [0, 0.1) is 0 Å². The Morgan fingerprint density at radius 3 is 2.89 bits per heavy atom. The summed E-state index contributed by atoms with van der Waals surface area (Å²) in [5.74, 6) is -0.320. The van der Waals surface area contributed by atoms with Crippen molar-refractivity contribution in [3.05, 3.63) is 83.2 Å². The van der Waals surface area contributed by atoms with Gasteiger partial charge in [-0.3, -0.25) is 19.5 Å². The molecule has 0 spiro atoms. The number of thiazole rings is 1. The van der Waals surface area contributed by atoms with E-state index >= 15 is 0 Å². The number of hydrogen-bond acceptors (Lipinski definition) is 8. The molecule has 4 heterocycles. The van der Waals surface area contributed by atoms with E-state index < -0.39 is 17.7 Å². The maximum atomic E-state index is 13.4. The van der Waals surface area contributed by atoms with E-state index in [0.717, 1.165) is 28.9 Å². The first-order valence-electron chi connectivity index (χ1n) is 12.1. The molecule has 186 valence electrons. The standard InChI is InChI=1S/C28H23N3O5S/c1-2-35-18-9-10-19-22(15-18)37-28(30-19)31-24(20-7-3-4-12-29-20)23(26(33)27(31)34)25(32)17-8-11-21-16(14-17)6-5-13-36-21/h3-4,7-12,14-15,24,32H,2,5-6,13H2,1H3/b25-23+. The molecule has 2 aliphatic heterocycles. The van der Waals surface area contributed by atoms with Crippen molar-refractivity contribution >= 4 is 44.1 Å². The predicted molar refractivity (Wildman–Crippen MR) is 140 cm³/mol. The first kappa shape index (κ1) is 23.2. The van der Waals surface area contributed by atoms with Gasteiger partial charge in [0.1, 0.15) is 23.3 Å². The number of aromatic nitrogens is 2. The molecule has 1 fully saturated rings. The normalized spacial score (nSPS) is 18.6. The second-order valence-corrected chi connectivity index (χ2v) is 9.77. The average Bonchev–Trinajstić information content (AvgIpc) is 3.46. The summed E-state index contributed by atoms with van der Waals surface area (Å²) < 4.78 is 12.1. The van der Waals surface area contributed by atoms with E-state index in [1.807, 2.05) is 31.2 Å². The molecule has 0 radical (unpaired) electrons. The number of anilines is 1. The molecule has 1 amide bonds. The van der Waals surface area contributed by atoms with Gasteiger partial charge in [-0.1, -0.05) is 17.4 Å². The molecule has 6 rings (SSSR count). The van der Waals surface area contributed by atoms with E-state index in [2.05, 4.69) is 9.97 Å². The number of pyridine rings is 1. The number of carbonyl (C=O) groups excluding carboxylic acids is 2. The van der Waals surface area contributed by atoms with Crippen LogP contribution in [-0.2, 0) is 16.0 Å². The minimum absolute atomic E-state index is 0.0189. The van der Waals surface area contributed by atoms with Crippen LogP contribution in [0.25, 0.3) is 16.0 Å². The Morgan fingerprint density at radius 2 is 2.08 bits per heavy atom. The molecule has 1 saturated heterocycles. The smallest absolute Gasteiger partial charge is 0.301 e. The lowest BCUT2D eigenvalue weighted by Gasteiger charge is -2.22. The molecule has 8 nitrogen and oxygen atoms in total. The molecule has 4 aromatic rings. The van der Waals surface area contributed by atoms with Gasteiger partial charge in [-0.05, 0) is 73.9 Å². The number of nitrogens with zero attached hydrogens (tertiary/aromatic N) is 3. The summed E-state index contributed by atoms with van der Waals surface area (Å²) in [5, 5.41) is 11.8. The molecule has 0 aliphatic carbocycles. The van der Waals surface area contributed by atoms with Crippen LogP contribution in [0.3, 0.4) is 0 Å². The van der Waals surface area contributed by atoms with Gasteiger partial charge in [0.05, 0.1) is 34.7 Å². The lowest BCUT2D eigenvalue weighted by atomic mass is 9.96. The highest BCUT2D eigenvalue weighted by molar-refractivity contribution is 7.22. The van der Waals surface area contributed by atoms with Crippen LogP contribution >= 0.6 is 11.3 Å². The molecular formula is C28H23N3O5S. The van der Waals surface area contributed by atoms with Gasteiger partial charge < -0.3 is 14.6 Å². The van der Waals surface area contributed by atoms with Crippen LogP contribution in [-0.4, -0.2) is 40.0 Å². The lowest BCUT2D eigenvalue weighted by Crippen LogP contribution is -2.29. The van der Waals surface area contributed by atoms with Crippen molar-refractivity contribution in [2.45, 2.75) is 25.8 Å². The zero-order valence-corrected chi connectivity index (χ0v) is 20.8. The second kappa shape index (κ2) is 9.33. The highest BCUT2D eigenvalue weighted by atomic mass is 32.1. The molecule has 2 aromatic heterocycles. The van der Waals surface area contributed by atoms with E-state index in [0.29, 0.717) is 40.9 Å². The van der Waals surface area contributed by atoms with E-state index in [4.69, 9.17) is 9.47 Å². The zero-order chi connectivity index (χ0) is 25.5. The number of ketones is 1. The van der Waals surface area contributed by atoms with Crippen LogP contribution in [0.2, 0.25) is 0 Å². The topological polar surface area (TPSA) is 102 Å². The van der Waals surface area contributed by atoms with Crippen LogP contribution in [0.15, 0.2) is 66.4 Å². The van der Waals surface area contributed by atoms with Gasteiger partial charge in [0.25, 0.3) is 5.78 Å². The third-order valence-electron chi connectivity index (χ3n) is 6.46. The first-order valence-corrected chi connectivity index (χ1v) is 12.9. The van der Waals surface area contributed by atoms with Crippen molar-refractivity contribution < 1.29 is 24.2 Å². The Kier molecular flexibility index (Phi) is 5.84. The summed E-state index contributed by atoms with van der Waals surface area (Å²) in [6.07, 6.45) is 3.28. The number of carbonyl (C=O) groups is 2. The van der Waals surface area contributed by atoms with Crippen molar-refractivity contribution in [3.63, 3.8) is 0 Å². The molecule has 9 heteroatoms. The highest BCUT2D eigenvalue weighted by Crippen LogP contribution is 2.44. The third kappa shape index (κ3) is 4.01. The SMILES string of the molecule is CCOc1ccc2nc(N3C(=O)C(=O)/C(=C(/O)c4ccc5c(c4)CCCO5)C3c3ccccn3)sc2c1. The fourth-order valence-electron chi connectivity index (χ4n) is 4.76. The number of aryl methyl sites for hydroxylation is 1. The maximum Gasteiger partial charge on any atom is 0.301 e. The molecule has 2 aliphatic rings. The van der Waals surface area contributed by atoms with E-state index in [1.54, 1.807) is 36.5 Å². The van der Waals surface area contributed by atoms with Gasteiger partial charge in [0.15, 0.2) is 5.13 Å². The van der Waals surface area contributed by atoms with Crippen LogP contribution in [0.5, 0.6) is 11.5 Å². The molecule has 0 bridgehead atoms. The van der Waals surface area contributed by atoms with Crippen LogP contribution < -0.4 is 14.4 Å². The summed E-state index contributed by atoms with van der Waals surface area (Å²) in [5.41, 5.74) is 2.53. The number of hydrogen-bond donors (Lipinski definition) is 1. The van der Waals surface area contributed by atoms with Crippen LogP contribution in [0.1, 0.15) is 36.2 Å². The molecule has 37 heavy (non-hydrogen) atoms. The number of aliphatic hydroxyl groups is 1. The van der Waals surface area contributed by atoms with Crippen molar-refractivity contribution in [2.75, 3.05) is 18.1 Å².